The molecule has 1 aliphatic carbocycles. The quantitative estimate of drug-likeness (QED) is 0.334. The summed E-state index contributed by atoms with van der Waals surface area (Å²) in [5, 5.41) is 12.4. The Morgan fingerprint density at radius 1 is 1.79 bits per heavy atom. The van der Waals surface area contributed by atoms with Crippen LogP contribution < -0.4 is 0 Å². The van der Waals surface area contributed by atoms with Crippen LogP contribution in [0.1, 0.15) is 26.2 Å². The maximum atomic E-state index is 11.0. The lowest BCUT2D eigenvalue weighted by atomic mass is 9.79. The van der Waals surface area contributed by atoms with Crippen molar-refractivity contribution >= 4 is 17.6 Å². The Labute approximate surface area is 86.7 Å². The summed E-state index contributed by atoms with van der Waals surface area (Å²) in [5.74, 6) is -0.736. The van der Waals surface area contributed by atoms with Crippen LogP contribution in [0.4, 0.5) is 0 Å². The van der Waals surface area contributed by atoms with Crippen molar-refractivity contribution in [3.63, 3.8) is 0 Å². The Bertz CT molecular complexity index is 290. The number of azide groups is 1. The number of hydrogen-bond acceptors (Lipinski definition) is 2. The maximum absolute atomic E-state index is 11.0. The lowest BCUT2D eigenvalue weighted by molar-refractivity contribution is -0.141. The van der Waals surface area contributed by atoms with Crippen molar-refractivity contribution in [2.24, 2.45) is 11.0 Å². The first-order chi connectivity index (χ1) is 6.50. The molecule has 5 nitrogen and oxygen atoms in total. The van der Waals surface area contributed by atoms with Crippen LogP contribution in [0.25, 0.3) is 10.4 Å². The summed E-state index contributed by atoms with van der Waals surface area (Å²) >= 11 is 5.96. The van der Waals surface area contributed by atoms with Crippen molar-refractivity contribution in [1.29, 1.82) is 0 Å². The fourth-order valence-corrected chi connectivity index (χ4v) is 2.00. The van der Waals surface area contributed by atoms with Gasteiger partial charge in [0.15, 0.2) is 0 Å². The highest BCUT2D eigenvalue weighted by Crippen LogP contribution is 2.39. The van der Waals surface area contributed by atoms with Gasteiger partial charge in [-0.3, -0.25) is 4.79 Å². The Hall–Kier alpha value is -0.930. The van der Waals surface area contributed by atoms with Crippen LogP contribution in [-0.4, -0.2) is 22.0 Å². The van der Waals surface area contributed by atoms with Crippen LogP contribution >= 0.6 is 11.6 Å². The summed E-state index contributed by atoms with van der Waals surface area (Å²) in [6, 6.07) is -0.643. The number of nitrogens with zero attached hydrogens (tertiary/aromatic N) is 3. The maximum Gasteiger partial charge on any atom is 0.325 e. The molecule has 0 bridgehead atoms. The van der Waals surface area contributed by atoms with E-state index < -0.39 is 16.9 Å². The Kier molecular flexibility index (Phi) is 3.24. The topological polar surface area (TPSA) is 86.1 Å². The molecule has 1 aliphatic rings. The summed E-state index contributed by atoms with van der Waals surface area (Å²) in [4.78, 5) is 12.2. The molecule has 0 heterocycles. The van der Waals surface area contributed by atoms with E-state index in [0.29, 0.717) is 18.8 Å². The van der Waals surface area contributed by atoms with E-state index in [0.717, 1.165) is 6.42 Å². The molecule has 0 spiro atoms. The van der Waals surface area contributed by atoms with Crippen LogP contribution in [0.5, 0.6) is 0 Å². The van der Waals surface area contributed by atoms with E-state index in [2.05, 4.69) is 10.0 Å². The predicted octanol–water partition coefficient (Wildman–Crippen LogP) is 2.55. The van der Waals surface area contributed by atoms with Gasteiger partial charge in [0.25, 0.3) is 0 Å². The van der Waals surface area contributed by atoms with Crippen LogP contribution in [0, 0.1) is 5.92 Å². The van der Waals surface area contributed by atoms with Crippen LogP contribution in [0.3, 0.4) is 0 Å². The van der Waals surface area contributed by atoms with Gasteiger partial charge in [-0.05, 0) is 30.7 Å². The van der Waals surface area contributed by atoms with Crippen molar-refractivity contribution in [2.45, 2.75) is 37.1 Å². The Balaban J connectivity index is 2.92. The summed E-state index contributed by atoms with van der Waals surface area (Å²) in [7, 11) is 0. The van der Waals surface area contributed by atoms with Crippen LogP contribution in [0.15, 0.2) is 5.11 Å². The average molecular weight is 218 g/mol. The second-order valence-corrected chi connectivity index (χ2v) is 4.44. The lowest BCUT2D eigenvalue weighted by Gasteiger charge is -2.35. The summed E-state index contributed by atoms with van der Waals surface area (Å²) in [6.07, 6.45) is 1.65. The Morgan fingerprint density at radius 2 is 2.43 bits per heavy atom. The smallest absolute Gasteiger partial charge is 0.325 e. The van der Waals surface area contributed by atoms with Gasteiger partial charge in [0.1, 0.15) is 4.87 Å². The molecule has 1 saturated carbocycles. The standard InChI is InChI=1S/C8H12ClN3O2/c1-5-2-3-8(9,7(13)14)6(4-5)11-12-10/h5-6H,2-4H2,1H3,(H,13,14). The average Bonchev–Trinajstić information content (AvgIpc) is 2.12. The second kappa shape index (κ2) is 4.07. The Morgan fingerprint density at radius 3 is 2.93 bits per heavy atom. The SMILES string of the molecule is CC1CCC(Cl)(C(=O)O)C(N=[N+]=[N-])C1. The van der Waals surface area contributed by atoms with Gasteiger partial charge in [-0.25, -0.2) is 0 Å². The lowest BCUT2D eigenvalue weighted by Crippen LogP contribution is -2.47. The zero-order valence-corrected chi connectivity index (χ0v) is 8.61. The fraction of sp³-hybridized carbons (Fsp3) is 0.875. The predicted molar refractivity (Wildman–Crippen MR) is 52.2 cm³/mol. The van der Waals surface area contributed by atoms with Crippen molar-refractivity contribution < 1.29 is 9.90 Å². The normalized spacial score (nSPS) is 37.3. The number of rotatable bonds is 2. The molecule has 3 atom stereocenters. The molecule has 1 N–H and O–H groups in total. The molecule has 0 aromatic carbocycles. The first-order valence-electron chi connectivity index (χ1n) is 4.47. The zero-order chi connectivity index (χ0) is 10.8. The third-order valence-electron chi connectivity index (χ3n) is 2.70. The van der Waals surface area contributed by atoms with Gasteiger partial charge < -0.3 is 5.11 Å². The third-order valence-corrected chi connectivity index (χ3v) is 3.30. The largest absolute Gasteiger partial charge is 0.480 e. The third kappa shape index (κ3) is 1.94. The highest BCUT2D eigenvalue weighted by Gasteiger charge is 2.47. The number of alkyl halides is 1. The number of aliphatic carboxylic acids is 1. The molecule has 0 aromatic rings. The van der Waals surface area contributed by atoms with E-state index in [9.17, 15) is 4.79 Å². The molecular weight excluding hydrogens is 206 g/mol. The molecule has 3 unspecified atom stereocenters. The first kappa shape index (κ1) is 11.1. The van der Waals surface area contributed by atoms with Gasteiger partial charge in [0.2, 0.25) is 0 Å². The molecule has 1 fully saturated rings. The molecular formula is C8H12ClN3O2. The van der Waals surface area contributed by atoms with Crippen molar-refractivity contribution in [1.82, 2.24) is 0 Å². The van der Waals surface area contributed by atoms with Gasteiger partial charge in [-0.1, -0.05) is 12.0 Å². The van der Waals surface area contributed by atoms with Crippen molar-refractivity contribution in [2.75, 3.05) is 0 Å². The van der Waals surface area contributed by atoms with Crippen molar-refractivity contribution in [3.05, 3.63) is 10.4 Å². The minimum Gasteiger partial charge on any atom is -0.480 e. The van der Waals surface area contributed by atoms with Gasteiger partial charge >= 0.3 is 5.97 Å². The van der Waals surface area contributed by atoms with Crippen LogP contribution in [0.2, 0.25) is 0 Å². The number of carboxylic acids is 1. The van der Waals surface area contributed by atoms with E-state index in [4.69, 9.17) is 22.2 Å². The minimum absolute atomic E-state index is 0.356. The second-order valence-electron chi connectivity index (χ2n) is 3.77. The number of carbonyl (C=O) groups is 1. The summed E-state index contributed by atoms with van der Waals surface area (Å²) in [6.45, 7) is 2.00. The van der Waals surface area contributed by atoms with Gasteiger partial charge in [-0.15, -0.1) is 11.6 Å². The van der Waals surface area contributed by atoms with E-state index in [1.54, 1.807) is 0 Å². The molecule has 6 heteroatoms. The first-order valence-corrected chi connectivity index (χ1v) is 4.85. The summed E-state index contributed by atoms with van der Waals surface area (Å²) < 4.78 is 0. The zero-order valence-electron chi connectivity index (χ0n) is 7.85. The summed E-state index contributed by atoms with van der Waals surface area (Å²) in [5.41, 5.74) is 8.33. The number of hydrogen-bond donors (Lipinski definition) is 1. The molecule has 0 aromatic heterocycles. The highest BCUT2D eigenvalue weighted by molar-refractivity contribution is 6.34. The molecule has 78 valence electrons. The molecule has 0 amide bonds. The van der Waals surface area contributed by atoms with E-state index in [1.807, 2.05) is 6.92 Å². The molecule has 1 rings (SSSR count). The molecule has 0 saturated heterocycles. The van der Waals surface area contributed by atoms with Gasteiger partial charge in [0, 0.05) is 4.91 Å². The van der Waals surface area contributed by atoms with Gasteiger partial charge in [0.05, 0.1) is 6.04 Å². The fourth-order valence-electron chi connectivity index (χ4n) is 1.76. The van der Waals surface area contributed by atoms with E-state index in [-0.39, 0.29) is 0 Å². The molecule has 0 aliphatic heterocycles. The molecule has 14 heavy (non-hydrogen) atoms. The van der Waals surface area contributed by atoms with E-state index in [1.165, 1.54) is 0 Å². The van der Waals surface area contributed by atoms with Crippen LogP contribution in [-0.2, 0) is 4.79 Å². The molecule has 0 radical (unpaired) electrons. The number of halogens is 1. The number of carboxylic acid groups (broad SMARTS) is 1. The van der Waals surface area contributed by atoms with Crippen molar-refractivity contribution in [3.8, 4) is 0 Å². The van der Waals surface area contributed by atoms with E-state index >= 15 is 0 Å². The monoisotopic (exact) mass is 217 g/mol. The van der Waals surface area contributed by atoms with Gasteiger partial charge in [-0.2, -0.15) is 0 Å². The minimum atomic E-state index is -1.40. The highest BCUT2D eigenvalue weighted by atomic mass is 35.5.